The molecular formula is C16H16N2O4. The van der Waals surface area contributed by atoms with Crippen LogP contribution < -0.4 is 10.1 Å². The Morgan fingerprint density at radius 3 is 2.68 bits per heavy atom. The van der Waals surface area contributed by atoms with Crippen molar-refractivity contribution in [2.75, 3.05) is 13.7 Å². The molecule has 3 rings (SSSR count). The van der Waals surface area contributed by atoms with Crippen LogP contribution in [0.1, 0.15) is 22.7 Å². The van der Waals surface area contributed by atoms with Crippen molar-refractivity contribution < 1.29 is 14.8 Å². The molecule has 0 aromatic heterocycles. The van der Waals surface area contributed by atoms with Crippen LogP contribution in [-0.4, -0.2) is 23.7 Å². The van der Waals surface area contributed by atoms with Gasteiger partial charge in [-0.15, -0.1) is 0 Å². The second-order valence-corrected chi connectivity index (χ2v) is 5.21. The van der Waals surface area contributed by atoms with Gasteiger partial charge in [-0.05, 0) is 35.2 Å². The Morgan fingerprint density at radius 2 is 2.05 bits per heavy atom. The van der Waals surface area contributed by atoms with Gasteiger partial charge < -0.3 is 15.2 Å². The summed E-state index contributed by atoms with van der Waals surface area (Å²) in [5, 5.41) is 24.1. The van der Waals surface area contributed by atoms with E-state index in [0.717, 1.165) is 29.7 Å². The average Bonchev–Trinajstić information content (AvgIpc) is 2.53. The molecule has 1 heterocycles. The molecule has 6 heteroatoms. The number of rotatable bonds is 3. The van der Waals surface area contributed by atoms with Crippen LogP contribution in [0.3, 0.4) is 0 Å². The summed E-state index contributed by atoms with van der Waals surface area (Å²) in [5.74, 6) is 0.556. The summed E-state index contributed by atoms with van der Waals surface area (Å²) in [5.41, 5.74) is 3.09. The van der Waals surface area contributed by atoms with E-state index in [9.17, 15) is 15.2 Å². The lowest BCUT2D eigenvalue weighted by molar-refractivity contribution is -0.384. The third-order valence-corrected chi connectivity index (χ3v) is 3.93. The van der Waals surface area contributed by atoms with Crippen molar-refractivity contribution in [2.45, 2.75) is 12.5 Å². The minimum absolute atomic E-state index is 0.0703. The second kappa shape index (κ2) is 5.65. The minimum atomic E-state index is -0.410. The van der Waals surface area contributed by atoms with E-state index in [1.54, 1.807) is 18.2 Å². The molecule has 1 aliphatic heterocycles. The number of aromatic hydroxyl groups is 1. The Balaban J connectivity index is 2.02. The molecule has 22 heavy (non-hydrogen) atoms. The highest BCUT2D eigenvalue weighted by atomic mass is 16.6. The first-order valence-corrected chi connectivity index (χ1v) is 6.97. The molecule has 1 atom stereocenters. The molecule has 2 N–H and O–H groups in total. The van der Waals surface area contributed by atoms with Crippen LogP contribution in [0, 0.1) is 10.1 Å². The summed E-state index contributed by atoms with van der Waals surface area (Å²) >= 11 is 0. The Hall–Kier alpha value is -2.60. The van der Waals surface area contributed by atoms with Gasteiger partial charge in [0, 0.05) is 18.7 Å². The van der Waals surface area contributed by atoms with E-state index in [4.69, 9.17) is 4.74 Å². The molecule has 114 valence electrons. The normalized spacial score (nSPS) is 16.9. The minimum Gasteiger partial charge on any atom is -0.504 e. The van der Waals surface area contributed by atoms with Crippen LogP contribution in [0.15, 0.2) is 36.4 Å². The van der Waals surface area contributed by atoms with Crippen LogP contribution >= 0.6 is 0 Å². The molecule has 2 aromatic carbocycles. The molecular weight excluding hydrogens is 284 g/mol. The second-order valence-electron chi connectivity index (χ2n) is 5.21. The summed E-state index contributed by atoms with van der Waals surface area (Å²) < 4.78 is 5.18. The highest BCUT2D eigenvalue weighted by molar-refractivity contribution is 5.51. The van der Waals surface area contributed by atoms with Crippen molar-refractivity contribution in [1.29, 1.82) is 0 Å². The molecule has 6 nitrogen and oxygen atoms in total. The molecule has 0 saturated carbocycles. The van der Waals surface area contributed by atoms with E-state index < -0.39 is 4.92 Å². The number of non-ortho nitro benzene ring substituents is 1. The number of methoxy groups -OCH3 is 1. The Morgan fingerprint density at radius 1 is 1.32 bits per heavy atom. The first-order chi connectivity index (χ1) is 10.6. The molecule has 0 fully saturated rings. The topological polar surface area (TPSA) is 84.6 Å². The molecule has 0 spiro atoms. The molecule has 1 aliphatic rings. The first-order valence-electron chi connectivity index (χ1n) is 6.97. The van der Waals surface area contributed by atoms with E-state index in [0.29, 0.717) is 5.75 Å². The van der Waals surface area contributed by atoms with Crippen molar-refractivity contribution in [2.24, 2.45) is 0 Å². The Kier molecular flexibility index (Phi) is 3.68. The number of phenols is 1. The van der Waals surface area contributed by atoms with Crippen LogP contribution in [0.25, 0.3) is 0 Å². The van der Waals surface area contributed by atoms with Gasteiger partial charge in [-0.3, -0.25) is 10.1 Å². The number of nitro groups is 1. The Labute approximate surface area is 127 Å². The van der Waals surface area contributed by atoms with Crippen molar-refractivity contribution in [3.8, 4) is 11.5 Å². The van der Waals surface area contributed by atoms with E-state index in [1.807, 2.05) is 6.07 Å². The largest absolute Gasteiger partial charge is 0.504 e. The molecule has 0 bridgehead atoms. The lowest BCUT2D eigenvalue weighted by Gasteiger charge is -2.28. The smallest absolute Gasteiger partial charge is 0.269 e. The summed E-state index contributed by atoms with van der Waals surface area (Å²) in [7, 11) is 1.51. The maximum Gasteiger partial charge on any atom is 0.269 e. The molecule has 2 aromatic rings. The summed E-state index contributed by atoms with van der Waals surface area (Å²) in [6.45, 7) is 0.778. The molecule has 0 aliphatic carbocycles. The van der Waals surface area contributed by atoms with Gasteiger partial charge in [0.1, 0.15) is 0 Å². The summed E-state index contributed by atoms with van der Waals surface area (Å²) in [4.78, 5) is 10.3. The monoisotopic (exact) mass is 300 g/mol. The number of nitrogens with one attached hydrogen (secondary N) is 1. The van der Waals surface area contributed by atoms with Crippen LogP contribution in [-0.2, 0) is 6.42 Å². The van der Waals surface area contributed by atoms with Crippen molar-refractivity contribution in [1.82, 2.24) is 5.32 Å². The van der Waals surface area contributed by atoms with E-state index >= 15 is 0 Å². The number of hydrogen-bond donors (Lipinski definition) is 2. The number of benzene rings is 2. The predicted octanol–water partition coefficient (Wildman–Crippen LogP) is 2.54. The number of fused-ring (bicyclic) bond motifs is 1. The quantitative estimate of drug-likeness (QED) is 0.672. The Bertz CT molecular complexity index is 713. The van der Waals surface area contributed by atoms with Crippen molar-refractivity contribution in [3.63, 3.8) is 0 Å². The fourth-order valence-corrected chi connectivity index (χ4v) is 2.82. The van der Waals surface area contributed by atoms with Gasteiger partial charge in [-0.1, -0.05) is 12.1 Å². The van der Waals surface area contributed by atoms with Crippen LogP contribution in [0.5, 0.6) is 11.5 Å². The third kappa shape index (κ3) is 2.48. The molecule has 0 saturated heterocycles. The fourth-order valence-electron chi connectivity index (χ4n) is 2.82. The van der Waals surface area contributed by atoms with E-state index in [-0.39, 0.29) is 17.5 Å². The van der Waals surface area contributed by atoms with Gasteiger partial charge in [0.2, 0.25) is 0 Å². The zero-order chi connectivity index (χ0) is 15.7. The zero-order valence-corrected chi connectivity index (χ0v) is 12.1. The van der Waals surface area contributed by atoms with Crippen LogP contribution in [0.2, 0.25) is 0 Å². The highest BCUT2D eigenvalue weighted by Gasteiger charge is 2.24. The van der Waals surface area contributed by atoms with Gasteiger partial charge in [0.05, 0.1) is 18.1 Å². The van der Waals surface area contributed by atoms with Gasteiger partial charge in [0.25, 0.3) is 5.69 Å². The third-order valence-electron chi connectivity index (χ3n) is 3.93. The van der Waals surface area contributed by atoms with Gasteiger partial charge in [-0.25, -0.2) is 0 Å². The van der Waals surface area contributed by atoms with Crippen molar-refractivity contribution >= 4 is 5.69 Å². The lowest BCUT2D eigenvalue weighted by Crippen LogP contribution is -2.30. The maximum absolute atomic E-state index is 10.8. The maximum atomic E-state index is 10.8. The lowest BCUT2D eigenvalue weighted by atomic mass is 9.89. The standard InChI is InChI=1S/C16H16N2O4/c1-22-15-9-13-11(8-14(15)19)6-7-17-16(13)10-2-4-12(5-3-10)18(20)21/h2-5,8-9,16-17,19H,6-7H2,1H3. The number of ether oxygens (including phenoxy) is 1. The number of nitro benzene ring substituents is 1. The van der Waals surface area contributed by atoms with Gasteiger partial charge >= 0.3 is 0 Å². The zero-order valence-electron chi connectivity index (χ0n) is 12.1. The summed E-state index contributed by atoms with van der Waals surface area (Å²) in [6.07, 6.45) is 0.816. The first kappa shape index (κ1) is 14.3. The van der Waals surface area contributed by atoms with E-state index in [1.165, 1.54) is 19.2 Å². The number of phenolic OH excluding ortho intramolecular Hbond substituents is 1. The average molecular weight is 300 g/mol. The molecule has 1 unspecified atom stereocenters. The summed E-state index contributed by atoms with van der Waals surface area (Å²) in [6, 6.07) is 10.00. The van der Waals surface area contributed by atoms with E-state index in [2.05, 4.69) is 5.32 Å². The number of nitrogens with zero attached hydrogens (tertiary/aromatic N) is 1. The predicted molar refractivity (Wildman–Crippen MR) is 81.3 cm³/mol. The number of hydrogen-bond acceptors (Lipinski definition) is 5. The molecule has 0 radical (unpaired) electrons. The highest BCUT2D eigenvalue weighted by Crippen LogP contribution is 2.37. The molecule has 0 amide bonds. The van der Waals surface area contributed by atoms with Crippen LogP contribution in [0.4, 0.5) is 5.69 Å². The van der Waals surface area contributed by atoms with Gasteiger partial charge in [0.15, 0.2) is 11.5 Å². The SMILES string of the molecule is COc1cc2c(cc1O)CCNC2c1ccc([N+](=O)[O-])cc1. The van der Waals surface area contributed by atoms with Gasteiger partial charge in [-0.2, -0.15) is 0 Å². The fraction of sp³-hybridized carbons (Fsp3) is 0.250. The van der Waals surface area contributed by atoms with Crippen molar-refractivity contribution in [3.05, 3.63) is 63.2 Å².